The number of aliphatic hydroxyl groups excluding tert-OH is 1. The molecule has 0 aromatic carbocycles. The van der Waals surface area contributed by atoms with Crippen LogP contribution in [0.15, 0.2) is 64.2 Å². The molecule has 1 fully saturated rings. The van der Waals surface area contributed by atoms with Gasteiger partial charge in [-0.2, -0.15) is 0 Å². The highest BCUT2D eigenvalue weighted by Crippen LogP contribution is 2.27. The van der Waals surface area contributed by atoms with Crippen LogP contribution in [0.3, 0.4) is 0 Å². The van der Waals surface area contributed by atoms with E-state index in [0.29, 0.717) is 12.4 Å². The van der Waals surface area contributed by atoms with Crippen molar-refractivity contribution in [2.75, 3.05) is 13.1 Å². The first kappa shape index (κ1) is 17.8. The quantitative estimate of drug-likeness (QED) is 0.696. The number of allylic oxidation sites excluding steroid dienone is 2. The van der Waals surface area contributed by atoms with E-state index in [1.807, 2.05) is 37.5 Å². The molecule has 4 rings (SSSR count). The zero-order chi connectivity index (χ0) is 18.1. The van der Waals surface area contributed by atoms with Gasteiger partial charge in [0.2, 0.25) is 5.88 Å². The minimum absolute atomic E-state index is 0.0551. The Morgan fingerprint density at radius 3 is 2.92 bits per heavy atom. The smallest absolute Gasteiger partial charge is 0.213 e. The Hall–Kier alpha value is -1.64. The Kier molecular flexibility index (Phi) is 5.15. The van der Waals surface area contributed by atoms with Crippen LogP contribution in [0.2, 0.25) is 0 Å². The van der Waals surface area contributed by atoms with Crippen molar-refractivity contribution in [2.24, 2.45) is 0 Å². The molecule has 136 valence electrons. The van der Waals surface area contributed by atoms with Gasteiger partial charge < -0.3 is 14.7 Å². The Bertz CT molecular complexity index is 785. The third kappa shape index (κ3) is 3.87. The minimum Gasteiger partial charge on any atom is -0.473 e. The number of aromatic nitrogens is 1. The summed E-state index contributed by atoms with van der Waals surface area (Å²) in [7, 11) is 0. The standard InChI is InChI=1S/C20H22IN3O2/c1-14-2-7-19(22-10-14)26-18-8-9-23(13-18)20(25)15-3-5-17-6-4-16(21)12-24(17)11-15/h2-7,10-12,17-18,20,25H,8-9,13H2,1H3. The summed E-state index contributed by atoms with van der Waals surface area (Å²) in [4.78, 5) is 8.51. The maximum atomic E-state index is 10.8. The number of ether oxygens (including phenoxy) is 1. The number of pyridine rings is 1. The molecular formula is C20H22IN3O2. The summed E-state index contributed by atoms with van der Waals surface area (Å²) in [5.41, 5.74) is 2.03. The number of likely N-dealkylation sites (tertiary alicyclic amines) is 1. The molecule has 3 atom stereocenters. The molecule has 26 heavy (non-hydrogen) atoms. The van der Waals surface area contributed by atoms with Crippen LogP contribution in [0.4, 0.5) is 0 Å². The first-order chi connectivity index (χ1) is 12.6. The second kappa shape index (κ2) is 7.54. The maximum absolute atomic E-state index is 10.8. The van der Waals surface area contributed by atoms with E-state index >= 15 is 0 Å². The predicted octanol–water partition coefficient (Wildman–Crippen LogP) is 3.13. The average Bonchev–Trinajstić information content (AvgIpc) is 3.11. The van der Waals surface area contributed by atoms with Crippen LogP contribution in [-0.4, -0.2) is 51.4 Å². The molecule has 0 saturated carbocycles. The van der Waals surface area contributed by atoms with Crippen LogP contribution in [0, 0.1) is 6.92 Å². The van der Waals surface area contributed by atoms with E-state index in [1.54, 1.807) is 0 Å². The van der Waals surface area contributed by atoms with Gasteiger partial charge in [0.05, 0.1) is 6.04 Å². The minimum atomic E-state index is -0.622. The number of nitrogens with zero attached hydrogens (tertiary/aromatic N) is 3. The molecule has 1 aromatic heterocycles. The highest BCUT2D eigenvalue weighted by atomic mass is 127. The van der Waals surface area contributed by atoms with Crippen molar-refractivity contribution in [2.45, 2.75) is 31.7 Å². The molecule has 1 aromatic rings. The molecule has 1 saturated heterocycles. The van der Waals surface area contributed by atoms with E-state index in [0.717, 1.165) is 24.1 Å². The Morgan fingerprint density at radius 2 is 2.12 bits per heavy atom. The van der Waals surface area contributed by atoms with Gasteiger partial charge in [0.1, 0.15) is 12.3 Å². The molecule has 0 bridgehead atoms. The van der Waals surface area contributed by atoms with Crippen LogP contribution in [0.5, 0.6) is 5.88 Å². The third-order valence-corrected chi connectivity index (χ3v) is 5.48. The topological polar surface area (TPSA) is 48.8 Å². The summed E-state index contributed by atoms with van der Waals surface area (Å²) in [6.45, 7) is 3.51. The number of aliphatic hydroxyl groups is 1. The zero-order valence-corrected chi connectivity index (χ0v) is 16.8. The van der Waals surface area contributed by atoms with Gasteiger partial charge in [0.15, 0.2) is 0 Å². The summed E-state index contributed by atoms with van der Waals surface area (Å²) in [6, 6.07) is 4.14. The molecule has 4 heterocycles. The number of hydrogen-bond donors (Lipinski definition) is 1. The van der Waals surface area contributed by atoms with Crippen LogP contribution in [-0.2, 0) is 0 Å². The molecule has 0 radical (unpaired) electrons. The van der Waals surface area contributed by atoms with Crippen LogP contribution < -0.4 is 4.74 Å². The van der Waals surface area contributed by atoms with Gasteiger partial charge in [0.25, 0.3) is 0 Å². The normalized spacial score (nSPS) is 26.3. The fourth-order valence-corrected chi connectivity index (χ4v) is 3.93. The van der Waals surface area contributed by atoms with Crippen molar-refractivity contribution in [1.82, 2.24) is 14.8 Å². The van der Waals surface area contributed by atoms with Gasteiger partial charge in [0, 0.05) is 46.9 Å². The summed E-state index contributed by atoms with van der Waals surface area (Å²) in [5.74, 6) is 0.649. The van der Waals surface area contributed by atoms with Gasteiger partial charge in [-0.25, -0.2) is 4.98 Å². The van der Waals surface area contributed by atoms with Crippen molar-refractivity contribution in [3.63, 3.8) is 0 Å². The number of hydrogen-bond acceptors (Lipinski definition) is 5. The monoisotopic (exact) mass is 463 g/mol. The largest absolute Gasteiger partial charge is 0.473 e. The summed E-state index contributed by atoms with van der Waals surface area (Å²) in [6.07, 6.45) is 14.7. The predicted molar refractivity (Wildman–Crippen MR) is 110 cm³/mol. The maximum Gasteiger partial charge on any atom is 0.213 e. The Morgan fingerprint density at radius 1 is 1.27 bits per heavy atom. The molecule has 3 aliphatic heterocycles. The summed E-state index contributed by atoms with van der Waals surface area (Å²) < 4.78 is 7.15. The van der Waals surface area contributed by atoms with Crippen LogP contribution in [0.25, 0.3) is 0 Å². The lowest BCUT2D eigenvalue weighted by Crippen LogP contribution is -2.38. The number of halogens is 1. The number of aryl methyl sites for hydroxylation is 1. The first-order valence-corrected chi connectivity index (χ1v) is 9.91. The number of fused-ring (bicyclic) bond motifs is 1. The molecule has 3 unspecified atom stereocenters. The second-order valence-electron chi connectivity index (χ2n) is 6.87. The van der Waals surface area contributed by atoms with Crippen LogP contribution in [0.1, 0.15) is 12.0 Å². The van der Waals surface area contributed by atoms with E-state index in [1.165, 1.54) is 3.58 Å². The fourth-order valence-electron chi connectivity index (χ4n) is 3.40. The van der Waals surface area contributed by atoms with Gasteiger partial charge in [-0.3, -0.25) is 4.90 Å². The molecule has 0 aliphatic carbocycles. The lowest BCUT2D eigenvalue weighted by Gasteiger charge is -2.32. The molecule has 0 amide bonds. The van der Waals surface area contributed by atoms with Crippen molar-refractivity contribution < 1.29 is 9.84 Å². The molecule has 0 spiro atoms. The van der Waals surface area contributed by atoms with Crippen LogP contribution >= 0.6 is 22.6 Å². The Balaban J connectivity index is 1.38. The fraction of sp³-hybridized carbons (Fsp3) is 0.350. The SMILES string of the molecule is Cc1ccc(OC2CCN(C(O)C3=CN4C=C(I)C=CC4C=C3)C2)nc1. The van der Waals surface area contributed by atoms with Gasteiger partial charge in [-0.15, -0.1) is 0 Å². The lowest BCUT2D eigenvalue weighted by atomic mass is 10.1. The van der Waals surface area contributed by atoms with E-state index < -0.39 is 6.23 Å². The summed E-state index contributed by atoms with van der Waals surface area (Å²) >= 11 is 2.31. The van der Waals surface area contributed by atoms with E-state index in [-0.39, 0.29) is 12.1 Å². The molecule has 5 nitrogen and oxygen atoms in total. The molecular weight excluding hydrogens is 441 g/mol. The highest BCUT2D eigenvalue weighted by Gasteiger charge is 2.31. The van der Waals surface area contributed by atoms with E-state index in [4.69, 9.17) is 4.74 Å². The number of rotatable bonds is 4. The first-order valence-electron chi connectivity index (χ1n) is 8.83. The van der Waals surface area contributed by atoms with Crippen molar-refractivity contribution in [1.29, 1.82) is 0 Å². The van der Waals surface area contributed by atoms with Crippen molar-refractivity contribution in [3.05, 3.63) is 69.7 Å². The van der Waals surface area contributed by atoms with Gasteiger partial charge in [-0.1, -0.05) is 24.3 Å². The molecule has 6 heteroatoms. The van der Waals surface area contributed by atoms with Crippen molar-refractivity contribution in [3.8, 4) is 5.88 Å². The molecule has 3 aliphatic rings. The van der Waals surface area contributed by atoms with Crippen molar-refractivity contribution >= 4 is 22.6 Å². The highest BCUT2D eigenvalue weighted by molar-refractivity contribution is 14.1. The Labute approximate surface area is 167 Å². The third-order valence-electron chi connectivity index (χ3n) is 4.85. The zero-order valence-electron chi connectivity index (χ0n) is 14.6. The molecule has 1 N–H and O–H groups in total. The summed E-state index contributed by atoms with van der Waals surface area (Å²) in [5, 5.41) is 10.8. The second-order valence-corrected chi connectivity index (χ2v) is 8.12. The van der Waals surface area contributed by atoms with Gasteiger partial charge >= 0.3 is 0 Å². The van der Waals surface area contributed by atoms with Gasteiger partial charge in [-0.05, 0) is 47.6 Å². The average molecular weight is 463 g/mol. The van der Waals surface area contributed by atoms with E-state index in [2.05, 4.69) is 61.8 Å². The van der Waals surface area contributed by atoms with E-state index in [9.17, 15) is 5.11 Å². The lowest BCUT2D eigenvalue weighted by molar-refractivity contribution is 0.0435.